The molecule has 0 radical (unpaired) electrons. The molecule has 0 aromatic heterocycles. The van der Waals surface area contributed by atoms with Crippen LogP contribution in [-0.2, 0) is 4.79 Å². The molecule has 0 heterocycles. The normalized spacial score (nSPS) is 9.95. The average Bonchev–Trinajstić information content (AvgIpc) is 2.48. The predicted octanol–water partition coefficient (Wildman–Crippen LogP) is 2.69. The third kappa shape index (κ3) is 4.72. The van der Waals surface area contributed by atoms with E-state index < -0.39 is 0 Å². The van der Waals surface area contributed by atoms with Crippen LogP contribution in [0.25, 0.3) is 0 Å². The van der Waals surface area contributed by atoms with E-state index in [9.17, 15) is 4.79 Å². The molecular formula is C16H18N2O3. The number of nitrogens with two attached hydrogens (primary N) is 1. The second-order valence-corrected chi connectivity index (χ2v) is 4.37. The minimum absolute atomic E-state index is 0.0728. The number of hydrogen-bond acceptors (Lipinski definition) is 4. The molecule has 0 aliphatic rings. The molecule has 2 aromatic carbocycles. The van der Waals surface area contributed by atoms with Gasteiger partial charge in [-0.25, -0.2) is 0 Å². The number of carbonyl (C=O) groups excluding carboxylic acids is 1. The minimum Gasteiger partial charge on any atom is -0.494 e. The van der Waals surface area contributed by atoms with Gasteiger partial charge in [-0.2, -0.15) is 0 Å². The third-order valence-corrected chi connectivity index (χ3v) is 2.68. The van der Waals surface area contributed by atoms with E-state index in [-0.39, 0.29) is 12.5 Å². The van der Waals surface area contributed by atoms with E-state index in [4.69, 9.17) is 15.2 Å². The quantitative estimate of drug-likeness (QED) is 0.801. The molecule has 110 valence electrons. The number of amides is 1. The third-order valence-electron chi connectivity index (χ3n) is 2.68. The van der Waals surface area contributed by atoms with E-state index in [1.54, 1.807) is 48.5 Å². The summed E-state index contributed by atoms with van der Waals surface area (Å²) in [7, 11) is 0. The smallest absolute Gasteiger partial charge is 0.262 e. The largest absolute Gasteiger partial charge is 0.494 e. The first-order chi connectivity index (χ1) is 10.2. The Morgan fingerprint density at radius 1 is 1.10 bits per heavy atom. The van der Waals surface area contributed by atoms with Crippen molar-refractivity contribution in [3.63, 3.8) is 0 Å². The molecule has 21 heavy (non-hydrogen) atoms. The standard InChI is InChI=1S/C16H18N2O3/c1-2-20-14-8-6-13(7-9-14)18-16(19)11-21-15-5-3-4-12(17)10-15/h3-10H,2,11,17H2,1H3,(H,18,19). The Morgan fingerprint density at radius 2 is 1.86 bits per heavy atom. The second kappa shape index (κ2) is 7.19. The zero-order valence-corrected chi connectivity index (χ0v) is 11.8. The van der Waals surface area contributed by atoms with E-state index in [1.807, 2.05) is 6.92 Å². The van der Waals surface area contributed by atoms with Crippen molar-refractivity contribution in [3.8, 4) is 11.5 Å². The lowest BCUT2D eigenvalue weighted by Crippen LogP contribution is -2.20. The van der Waals surface area contributed by atoms with E-state index in [0.29, 0.717) is 23.7 Å². The van der Waals surface area contributed by atoms with Gasteiger partial charge in [-0.3, -0.25) is 4.79 Å². The van der Waals surface area contributed by atoms with Gasteiger partial charge in [0.1, 0.15) is 11.5 Å². The number of nitrogens with one attached hydrogen (secondary N) is 1. The number of anilines is 2. The number of ether oxygens (including phenoxy) is 2. The van der Waals surface area contributed by atoms with Crippen molar-refractivity contribution in [2.45, 2.75) is 6.92 Å². The fraction of sp³-hybridized carbons (Fsp3) is 0.188. The summed E-state index contributed by atoms with van der Waals surface area (Å²) in [4.78, 5) is 11.8. The zero-order valence-electron chi connectivity index (χ0n) is 11.8. The molecule has 2 aromatic rings. The van der Waals surface area contributed by atoms with Crippen molar-refractivity contribution >= 4 is 17.3 Å². The molecule has 0 spiro atoms. The highest BCUT2D eigenvalue weighted by atomic mass is 16.5. The lowest BCUT2D eigenvalue weighted by molar-refractivity contribution is -0.118. The zero-order chi connectivity index (χ0) is 15.1. The van der Waals surface area contributed by atoms with E-state index >= 15 is 0 Å². The number of carbonyl (C=O) groups is 1. The van der Waals surface area contributed by atoms with E-state index in [1.165, 1.54) is 0 Å². The van der Waals surface area contributed by atoms with E-state index in [0.717, 1.165) is 5.75 Å². The van der Waals surface area contributed by atoms with Crippen LogP contribution in [0.15, 0.2) is 48.5 Å². The van der Waals surface area contributed by atoms with Gasteiger partial charge in [0.05, 0.1) is 6.61 Å². The van der Waals surface area contributed by atoms with Gasteiger partial charge in [0.15, 0.2) is 6.61 Å². The first-order valence-electron chi connectivity index (χ1n) is 6.68. The molecule has 0 bridgehead atoms. The molecule has 0 atom stereocenters. The number of benzene rings is 2. The number of rotatable bonds is 6. The Morgan fingerprint density at radius 3 is 2.52 bits per heavy atom. The van der Waals surface area contributed by atoms with Crippen molar-refractivity contribution in [1.82, 2.24) is 0 Å². The molecule has 0 saturated heterocycles. The maximum Gasteiger partial charge on any atom is 0.262 e. The maximum absolute atomic E-state index is 11.8. The Hall–Kier alpha value is -2.69. The lowest BCUT2D eigenvalue weighted by Gasteiger charge is -2.09. The monoisotopic (exact) mass is 286 g/mol. The summed E-state index contributed by atoms with van der Waals surface area (Å²) in [5.41, 5.74) is 6.93. The molecule has 1 amide bonds. The average molecular weight is 286 g/mol. The molecule has 2 rings (SSSR count). The summed E-state index contributed by atoms with van der Waals surface area (Å²) in [6.45, 7) is 2.46. The highest BCUT2D eigenvalue weighted by Crippen LogP contribution is 2.16. The Bertz CT molecular complexity index is 597. The fourth-order valence-corrected chi connectivity index (χ4v) is 1.75. The van der Waals surface area contributed by atoms with Gasteiger partial charge in [0.25, 0.3) is 5.91 Å². The fourth-order valence-electron chi connectivity index (χ4n) is 1.75. The summed E-state index contributed by atoms with van der Waals surface area (Å²) >= 11 is 0. The lowest BCUT2D eigenvalue weighted by atomic mass is 10.3. The molecule has 0 saturated carbocycles. The van der Waals surface area contributed by atoms with E-state index in [2.05, 4.69) is 5.32 Å². The molecule has 3 N–H and O–H groups in total. The van der Waals surface area contributed by atoms with Crippen LogP contribution in [0.3, 0.4) is 0 Å². The first kappa shape index (κ1) is 14.7. The van der Waals surface area contributed by atoms with Crippen molar-refractivity contribution < 1.29 is 14.3 Å². The Balaban J connectivity index is 1.84. The topological polar surface area (TPSA) is 73.6 Å². The molecule has 0 aliphatic heterocycles. The molecule has 0 fully saturated rings. The van der Waals surface area contributed by atoms with Gasteiger partial charge >= 0.3 is 0 Å². The van der Waals surface area contributed by atoms with Crippen molar-refractivity contribution in [2.75, 3.05) is 24.3 Å². The van der Waals surface area contributed by atoms with Crippen LogP contribution in [0.2, 0.25) is 0 Å². The van der Waals surface area contributed by atoms with Crippen molar-refractivity contribution in [3.05, 3.63) is 48.5 Å². The SMILES string of the molecule is CCOc1ccc(NC(=O)COc2cccc(N)c2)cc1. The number of hydrogen-bond donors (Lipinski definition) is 2. The van der Waals surface area contributed by atoms with Gasteiger partial charge in [-0.1, -0.05) is 6.07 Å². The van der Waals surface area contributed by atoms with Crippen LogP contribution in [0.4, 0.5) is 11.4 Å². The molecule has 0 aliphatic carbocycles. The predicted molar refractivity (Wildman–Crippen MR) is 82.6 cm³/mol. The summed E-state index contributed by atoms with van der Waals surface area (Å²) in [6.07, 6.45) is 0. The van der Waals surface area contributed by atoms with Crippen LogP contribution in [0, 0.1) is 0 Å². The first-order valence-corrected chi connectivity index (χ1v) is 6.68. The van der Waals surface area contributed by atoms with Gasteiger partial charge < -0.3 is 20.5 Å². The summed E-state index contributed by atoms with van der Waals surface area (Å²) in [5, 5.41) is 2.75. The van der Waals surface area contributed by atoms with Gasteiger partial charge in [0.2, 0.25) is 0 Å². The molecule has 5 heteroatoms. The minimum atomic E-state index is -0.235. The highest BCUT2D eigenvalue weighted by Gasteiger charge is 2.04. The van der Waals surface area contributed by atoms with Crippen LogP contribution < -0.4 is 20.5 Å². The van der Waals surface area contributed by atoms with Crippen LogP contribution in [0.5, 0.6) is 11.5 Å². The number of nitrogen functional groups attached to an aromatic ring is 1. The second-order valence-electron chi connectivity index (χ2n) is 4.37. The van der Waals surface area contributed by atoms with Crippen molar-refractivity contribution in [1.29, 1.82) is 0 Å². The summed E-state index contributed by atoms with van der Waals surface area (Å²) < 4.78 is 10.7. The van der Waals surface area contributed by atoms with Gasteiger partial charge in [-0.05, 0) is 43.3 Å². The van der Waals surface area contributed by atoms with Gasteiger partial charge in [0, 0.05) is 17.4 Å². The van der Waals surface area contributed by atoms with Crippen LogP contribution >= 0.6 is 0 Å². The van der Waals surface area contributed by atoms with Gasteiger partial charge in [-0.15, -0.1) is 0 Å². The van der Waals surface area contributed by atoms with Crippen LogP contribution in [-0.4, -0.2) is 19.1 Å². The molecule has 5 nitrogen and oxygen atoms in total. The molecular weight excluding hydrogens is 268 g/mol. The highest BCUT2D eigenvalue weighted by molar-refractivity contribution is 5.91. The Kier molecular flexibility index (Phi) is 5.04. The Labute approximate surface area is 123 Å². The summed E-state index contributed by atoms with van der Waals surface area (Å²) in [6, 6.07) is 14.1. The maximum atomic E-state index is 11.8. The summed E-state index contributed by atoms with van der Waals surface area (Å²) in [5.74, 6) is 1.10. The van der Waals surface area contributed by atoms with Crippen LogP contribution in [0.1, 0.15) is 6.92 Å². The molecule has 0 unspecified atom stereocenters. The van der Waals surface area contributed by atoms with Crippen molar-refractivity contribution in [2.24, 2.45) is 0 Å².